The molecule has 0 saturated heterocycles. The van der Waals surface area contributed by atoms with Crippen LogP contribution in [0.1, 0.15) is 46.5 Å². The van der Waals surface area contributed by atoms with Gasteiger partial charge in [-0.1, -0.05) is 6.42 Å². The third kappa shape index (κ3) is 6.44. The van der Waals surface area contributed by atoms with Crippen LogP contribution >= 0.6 is 0 Å². The fourth-order valence-electron chi connectivity index (χ4n) is 2.39. The highest BCUT2D eigenvalue weighted by Gasteiger charge is 2.27. The lowest BCUT2D eigenvalue weighted by Crippen LogP contribution is -2.41. The molecule has 1 amide bonds. The summed E-state index contributed by atoms with van der Waals surface area (Å²) >= 11 is 0. The monoisotopic (exact) mass is 267 g/mol. The number of carbonyl (C=O) groups excluding carboxylic acids is 1. The van der Waals surface area contributed by atoms with Crippen molar-refractivity contribution < 1.29 is 9.53 Å². The van der Waals surface area contributed by atoms with Crippen LogP contribution in [0.2, 0.25) is 0 Å². The first kappa shape index (κ1) is 15.8. The minimum atomic E-state index is -0.454. The average molecular weight is 267 g/mol. The number of carbonyl (C=O) groups is 1. The average Bonchev–Trinajstić information content (AvgIpc) is 2.72. The molecule has 2 N–H and O–H groups in total. The summed E-state index contributed by atoms with van der Waals surface area (Å²) in [6.45, 7) is 6.93. The van der Waals surface area contributed by atoms with Crippen LogP contribution < -0.4 is 10.6 Å². The molecule has 1 fully saturated rings. The molecule has 0 bridgehead atoms. The lowest BCUT2D eigenvalue weighted by molar-refractivity contribution is 0.0517. The van der Waals surface area contributed by atoms with E-state index in [2.05, 4.69) is 16.7 Å². The standard InChI is InChI=1S/C14H25N3O2/c1-14(2,3)19-13(18)17-10-11-6-4-7-12(11)16-9-5-8-15/h11-12,16H,4-7,9-10H2,1-3H3,(H,17,18). The second-order valence-corrected chi connectivity index (χ2v) is 6.04. The van der Waals surface area contributed by atoms with E-state index in [1.54, 1.807) is 0 Å². The molecule has 19 heavy (non-hydrogen) atoms. The molecule has 0 aromatic rings. The largest absolute Gasteiger partial charge is 0.444 e. The van der Waals surface area contributed by atoms with Gasteiger partial charge in [0.25, 0.3) is 0 Å². The molecule has 0 heterocycles. The van der Waals surface area contributed by atoms with E-state index in [0.717, 1.165) is 19.4 Å². The van der Waals surface area contributed by atoms with Gasteiger partial charge in [-0.05, 0) is 39.5 Å². The Bertz CT molecular complexity index is 331. The zero-order valence-electron chi connectivity index (χ0n) is 12.2. The number of amides is 1. The predicted octanol–water partition coefficient (Wildman–Crippen LogP) is 2.18. The number of rotatable bonds is 5. The van der Waals surface area contributed by atoms with E-state index in [4.69, 9.17) is 10.00 Å². The summed E-state index contributed by atoms with van der Waals surface area (Å²) in [4.78, 5) is 11.6. The van der Waals surface area contributed by atoms with Crippen LogP contribution in [0, 0.1) is 17.2 Å². The highest BCUT2D eigenvalue weighted by atomic mass is 16.6. The van der Waals surface area contributed by atoms with Crippen LogP contribution in [-0.4, -0.2) is 30.8 Å². The summed E-state index contributed by atoms with van der Waals surface area (Å²) in [5.41, 5.74) is -0.454. The maximum absolute atomic E-state index is 11.6. The Morgan fingerprint density at radius 2 is 2.16 bits per heavy atom. The number of nitriles is 1. The second-order valence-electron chi connectivity index (χ2n) is 6.04. The van der Waals surface area contributed by atoms with Crippen molar-refractivity contribution >= 4 is 6.09 Å². The third-order valence-electron chi connectivity index (χ3n) is 3.21. The first-order valence-electron chi connectivity index (χ1n) is 6.99. The van der Waals surface area contributed by atoms with Gasteiger partial charge in [0, 0.05) is 25.6 Å². The zero-order valence-corrected chi connectivity index (χ0v) is 12.2. The quantitative estimate of drug-likeness (QED) is 0.749. The molecule has 0 aliphatic heterocycles. The maximum atomic E-state index is 11.6. The molecule has 0 radical (unpaired) electrons. The second kappa shape index (κ2) is 7.34. The first-order chi connectivity index (χ1) is 8.92. The van der Waals surface area contributed by atoms with Crippen LogP contribution in [0.15, 0.2) is 0 Å². The Kier molecular flexibility index (Phi) is 6.10. The lowest BCUT2D eigenvalue weighted by atomic mass is 10.0. The van der Waals surface area contributed by atoms with E-state index in [0.29, 0.717) is 24.9 Å². The van der Waals surface area contributed by atoms with Crippen molar-refractivity contribution in [3.63, 3.8) is 0 Å². The maximum Gasteiger partial charge on any atom is 0.407 e. The molecule has 1 aliphatic carbocycles. The van der Waals surface area contributed by atoms with E-state index in [-0.39, 0.29) is 6.09 Å². The molecule has 108 valence electrons. The predicted molar refractivity (Wildman–Crippen MR) is 73.6 cm³/mol. The fraction of sp³-hybridized carbons (Fsp3) is 0.857. The minimum Gasteiger partial charge on any atom is -0.444 e. The summed E-state index contributed by atoms with van der Waals surface area (Å²) in [5, 5.41) is 14.8. The molecule has 2 atom stereocenters. The number of nitrogens with one attached hydrogen (secondary N) is 2. The van der Waals surface area contributed by atoms with Gasteiger partial charge in [0.05, 0.1) is 6.07 Å². The molecule has 1 rings (SSSR count). The van der Waals surface area contributed by atoms with Crippen molar-refractivity contribution in [2.75, 3.05) is 13.1 Å². The summed E-state index contributed by atoms with van der Waals surface area (Å²) in [7, 11) is 0. The topological polar surface area (TPSA) is 74.2 Å². The van der Waals surface area contributed by atoms with Crippen molar-refractivity contribution in [2.45, 2.75) is 58.1 Å². The molecule has 1 aliphatic rings. The van der Waals surface area contributed by atoms with Crippen molar-refractivity contribution in [2.24, 2.45) is 5.92 Å². The molecule has 0 aromatic heterocycles. The summed E-state index contributed by atoms with van der Waals surface area (Å²) in [5.74, 6) is 0.436. The Morgan fingerprint density at radius 1 is 1.42 bits per heavy atom. The van der Waals surface area contributed by atoms with Gasteiger partial charge in [-0.3, -0.25) is 0 Å². The Labute approximate surface area is 115 Å². The van der Waals surface area contributed by atoms with Crippen molar-refractivity contribution in [1.82, 2.24) is 10.6 Å². The molecule has 0 spiro atoms. The van der Waals surface area contributed by atoms with Gasteiger partial charge in [0.2, 0.25) is 0 Å². The van der Waals surface area contributed by atoms with Crippen molar-refractivity contribution in [3.05, 3.63) is 0 Å². The highest BCUT2D eigenvalue weighted by molar-refractivity contribution is 5.67. The van der Waals surface area contributed by atoms with Gasteiger partial charge in [-0.15, -0.1) is 0 Å². The number of hydrogen-bond acceptors (Lipinski definition) is 4. The van der Waals surface area contributed by atoms with Gasteiger partial charge in [-0.25, -0.2) is 4.79 Å². The van der Waals surface area contributed by atoms with Gasteiger partial charge in [0.15, 0.2) is 0 Å². The number of nitrogens with zero attached hydrogens (tertiary/aromatic N) is 1. The van der Waals surface area contributed by atoms with Crippen LogP contribution in [0.5, 0.6) is 0 Å². The van der Waals surface area contributed by atoms with E-state index in [9.17, 15) is 4.79 Å². The van der Waals surface area contributed by atoms with E-state index >= 15 is 0 Å². The number of ether oxygens (including phenoxy) is 1. The van der Waals surface area contributed by atoms with Crippen molar-refractivity contribution in [3.8, 4) is 6.07 Å². The van der Waals surface area contributed by atoms with Gasteiger partial charge in [0.1, 0.15) is 5.60 Å². The summed E-state index contributed by atoms with van der Waals surface area (Å²) in [6.07, 6.45) is 3.58. The van der Waals surface area contributed by atoms with E-state index in [1.807, 2.05) is 20.8 Å². The molecular formula is C14H25N3O2. The Balaban J connectivity index is 2.27. The van der Waals surface area contributed by atoms with Gasteiger partial charge in [-0.2, -0.15) is 5.26 Å². The Morgan fingerprint density at radius 3 is 2.79 bits per heavy atom. The molecule has 2 unspecified atom stereocenters. The Hall–Kier alpha value is -1.28. The zero-order chi connectivity index (χ0) is 14.3. The van der Waals surface area contributed by atoms with Crippen LogP contribution in [0.3, 0.4) is 0 Å². The summed E-state index contributed by atoms with van der Waals surface area (Å²) < 4.78 is 5.22. The first-order valence-corrected chi connectivity index (χ1v) is 6.99. The minimum absolute atomic E-state index is 0.352. The number of alkyl carbamates (subject to hydrolysis) is 1. The van der Waals surface area contributed by atoms with E-state index in [1.165, 1.54) is 6.42 Å². The fourth-order valence-corrected chi connectivity index (χ4v) is 2.39. The third-order valence-corrected chi connectivity index (χ3v) is 3.21. The van der Waals surface area contributed by atoms with Crippen LogP contribution in [-0.2, 0) is 4.74 Å². The highest BCUT2D eigenvalue weighted by Crippen LogP contribution is 2.25. The lowest BCUT2D eigenvalue weighted by Gasteiger charge is -2.23. The SMILES string of the molecule is CC(C)(C)OC(=O)NCC1CCCC1NCCC#N. The molecule has 5 heteroatoms. The molecule has 1 saturated carbocycles. The van der Waals surface area contributed by atoms with E-state index < -0.39 is 5.60 Å². The smallest absolute Gasteiger partial charge is 0.407 e. The number of hydrogen-bond donors (Lipinski definition) is 2. The molecular weight excluding hydrogens is 242 g/mol. The molecule has 0 aromatic carbocycles. The van der Waals surface area contributed by atoms with Crippen LogP contribution in [0.4, 0.5) is 4.79 Å². The molecule has 5 nitrogen and oxygen atoms in total. The van der Waals surface area contributed by atoms with Gasteiger partial charge < -0.3 is 15.4 Å². The summed E-state index contributed by atoms with van der Waals surface area (Å²) in [6, 6.07) is 2.54. The van der Waals surface area contributed by atoms with Gasteiger partial charge >= 0.3 is 6.09 Å². The normalized spacial score (nSPS) is 22.8. The van der Waals surface area contributed by atoms with Crippen molar-refractivity contribution in [1.29, 1.82) is 5.26 Å². The van der Waals surface area contributed by atoms with Crippen LogP contribution in [0.25, 0.3) is 0 Å².